The fraction of sp³-hybridized carbons (Fsp3) is 0.190. The third-order valence-corrected chi connectivity index (χ3v) is 4.11. The van der Waals surface area contributed by atoms with Crippen molar-refractivity contribution in [2.75, 3.05) is 12.4 Å². The minimum absolute atomic E-state index is 0.213. The quantitative estimate of drug-likeness (QED) is 0.669. The van der Waals surface area contributed by atoms with Gasteiger partial charge in [0, 0.05) is 18.4 Å². The predicted octanol–water partition coefficient (Wildman–Crippen LogP) is 4.01. The normalized spacial score (nSPS) is 10.4. The largest absolute Gasteiger partial charge is 0.465 e. The highest BCUT2D eigenvalue weighted by molar-refractivity contribution is 6.01. The first-order chi connectivity index (χ1) is 13.1. The minimum atomic E-state index is -0.495. The Kier molecular flexibility index (Phi) is 5.66. The van der Waals surface area contributed by atoms with Gasteiger partial charge < -0.3 is 14.5 Å². The molecule has 0 atom stereocenters. The average Bonchev–Trinajstić information content (AvgIpc) is 3.07. The van der Waals surface area contributed by atoms with Crippen molar-refractivity contribution in [3.05, 3.63) is 71.6 Å². The number of carbonyl (C=O) groups is 2. The first-order valence-corrected chi connectivity index (χ1v) is 8.57. The number of methoxy groups -OCH3 is 1. The Morgan fingerprint density at radius 1 is 1.07 bits per heavy atom. The maximum absolute atomic E-state index is 12.3. The number of esters is 1. The van der Waals surface area contributed by atoms with Crippen LogP contribution in [0.3, 0.4) is 0 Å². The summed E-state index contributed by atoms with van der Waals surface area (Å²) in [6, 6.07) is 16.3. The summed E-state index contributed by atoms with van der Waals surface area (Å²) >= 11 is 0. The summed E-state index contributed by atoms with van der Waals surface area (Å²) in [7, 11) is 1.30. The van der Waals surface area contributed by atoms with Crippen molar-refractivity contribution < 1.29 is 18.7 Å². The Bertz CT molecular complexity index is 948. The summed E-state index contributed by atoms with van der Waals surface area (Å²) in [6.07, 6.45) is 0.658. The molecule has 3 rings (SSSR count). The van der Waals surface area contributed by atoms with Gasteiger partial charge in [0.05, 0.1) is 24.1 Å². The van der Waals surface area contributed by atoms with E-state index in [1.807, 2.05) is 37.3 Å². The Balaban J connectivity index is 1.65. The standard InChI is InChI=1S/C21H20N2O4/c1-14-17(23-20(27-14)15-8-4-3-5-9-15)12-13-19(24)22-18-11-7-6-10-16(18)21(25)26-2/h3-11H,12-13H2,1-2H3,(H,22,24). The Morgan fingerprint density at radius 3 is 2.52 bits per heavy atom. The summed E-state index contributed by atoms with van der Waals surface area (Å²) in [5.41, 5.74) is 2.38. The molecule has 0 bridgehead atoms. The maximum Gasteiger partial charge on any atom is 0.339 e. The number of ether oxygens (including phenoxy) is 1. The van der Waals surface area contributed by atoms with Crippen LogP contribution in [-0.2, 0) is 16.0 Å². The number of rotatable bonds is 6. The third kappa shape index (κ3) is 4.41. The van der Waals surface area contributed by atoms with Gasteiger partial charge in [0.25, 0.3) is 0 Å². The van der Waals surface area contributed by atoms with Crippen LogP contribution in [0.1, 0.15) is 28.2 Å². The molecule has 1 aromatic heterocycles. The number of para-hydroxylation sites is 1. The SMILES string of the molecule is COC(=O)c1ccccc1NC(=O)CCc1nc(-c2ccccc2)oc1C. The summed E-state index contributed by atoms with van der Waals surface area (Å²) in [5, 5.41) is 2.76. The molecule has 2 aromatic carbocycles. The molecule has 0 saturated heterocycles. The Hall–Kier alpha value is -3.41. The molecule has 1 amide bonds. The number of oxazole rings is 1. The molecule has 138 valence electrons. The molecule has 3 aromatic rings. The van der Waals surface area contributed by atoms with Gasteiger partial charge in [-0.25, -0.2) is 9.78 Å². The number of hydrogen-bond donors (Lipinski definition) is 1. The number of hydrogen-bond acceptors (Lipinski definition) is 5. The number of carbonyl (C=O) groups excluding carboxylic acids is 2. The van der Waals surface area contributed by atoms with Gasteiger partial charge >= 0.3 is 5.97 Å². The van der Waals surface area contributed by atoms with Gasteiger partial charge in [0.15, 0.2) is 0 Å². The van der Waals surface area contributed by atoms with Gasteiger partial charge in [0.2, 0.25) is 11.8 Å². The van der Waals surface area contributed by atoms with Crippen molar-refractivity contribution in [2.45, 2.75) is 19.8 Å². The van der Waals surface area contributed by atoms with Crippen molar-refractivity contribution >= 4 is 17.6 Å². The average molecular weight is 364 g/mol. The lowest BCUT2D eigenvalue weighted by Gasteiger charge is -2.09. The van der Waals surface area contributed by atoms with E-state index in [2.05, 4.69) is 10.3 Å². The van der Waals surface area contributed by atoms with Crippen molar-refractivity contribution in [1.29, 1.82) is 0 Å². The van der Waals surface area contributed by atoms with Gasteiger partial charge in [-0.3, -0.25) is 4.79 Å². The summed E-state index contributed by atoms with van der Waals surface area (Å²) < 4.78 is 10.4. The third-order valence-electron chi connectivity index (χ3n) is 4.11. The molecule has 0 unspecified atom stereocenters. The molecule has 0 radical (unpaired) electrons. The molecule has 1 N–H and O–H groups in total. The molecule has 0 saturated carbocycles. The van der Waals surface area contributed by atoms with Crippen LogP contribution >= 0.6 is 0 Å². The van der Waals surface area contributed by atoms with E-state index in [0.29, 0.717) is 29.3 Å². The van der Waals surface area contributed by atoms with E-state index in [1.54, 1.807) is 24.3 Å². The van der Waals surface area contributed by atoms with Crippen molar-refractivity contribution in [2.24, 2.45) is 0 Å². The van der Waals surface area contributed by atoms with E-state index < -0.39 is 5.97 Å². The van der Waals surface area contributed by atoms with E-state index >= 15 is 0 Å². The predicted molar refractivity (Wildman–Crippen MR) is 101 cm³/mol. The number of aryl methyl sites for hydroxylation is 2. The number of nitrogens with zero attached hydrogens (tertiary/aromatic N) is 1. The van der Waals surface area contributed by atoms with Crippen LogP contribution in [0.4, 0.5) is 5.69 Å². The first-order valence-electron chi connectivity index (χ1n) is 8.57. The zero-order valence-electron chi connectivity index (χ0n) is 15.2. The van der Waals surface area contributed by atoms with E-state index in [1.165, 1.54) is 7.11 Å². The Labute approximate surface area is 157 Å². The maximum atomic E-state index is 12.3. The van der Waals surface area contributed by atoms with Gasteiger partial charge in [-0.2, -0.15) is 0 Å². The zero-order chi connectivity index (χ0) is 19.2. The van der Waals surface area contributed by atoms with Crippen LogP contribution in [0.25, 0.3) is 11.5 Å². The molecule has 0 fully saturated rings. The smallest absolute Gasteiger partial charge is 0.339 e. The summed E-state index contributed by atoms with van der Waals surface area (Å²) in [5.74, 6) is 0.525. The minimum Gasteiger partial charge on any atom is -0.465 e. The van der Waals surface area contributed by atoms with Crippen LogP contribution in [-0.4, -0.2) is 24.0 Å². The second kappa shape index (κ2) is 8.31. The van der Waals surface area contributed by atoms with Crippen molar-refractivity contribution in [3.8, 4) is 11.5 Å². The van der Waals surface area contributed by atoms with E-state index in [4.69, 9.17) is 9.15 Å². The Morgan fingerprint density at radius 2 is 1.78 bits per heavy atom. The fourth-order valence-corrected chi connectivity index (χ4v) is 2.69. The van der Waals surface area contributed by atoms with Crippen LogP contribution in [0.5, 0.6) is 0 Å². The van der Waals surface area contributed by atoms with Crippen LogP contribution in [0.15, 0.2) is 59.0 Å². The number of amides is 1. The first kappa shape index (κ1) is 18.4. The van der Waals surface area contributed by atoms with Crippen LogP contribution in [0.2, 0.25) is 0 Å². The molecular weight excluding hydrogens is 344 g/mol. The lowest BCUT2D eigenvalue weighted by molar-refractivity contribution is -0.116. The highest BCUT2D eigenvalue weighted by atomic mass is 16.5. The highest BCUT2D eigenvalue weighted by Gasteiger charge is 2.15. The second-order valence-corrected chi connectivity index (χ2v) is 5.97. The van der Waals surface area contributed by atoms with E-state index in [9.17, 15) is 9.59 Å². The molecule has 0 aliphatic heterocycles. The summed E-state index contributed by atoms with van der Waals surface area (Å²) in [6.45, 7) is 1.83. The molecule has 27 heavy (non-hydrogen) atoms. The number of benzene rings is 2. The van der Waals surface area contributed by atoms with Crippen LogP contribution in [0, 0.1) is 6.92 Å². The second-order valence-electron chi connectivity index (χ2n) is 5.97. The molecule has 0 spiro atoms. The molecule has 1 heterocycles. The van der Waals surface area contributed by atoms with Gasteiger partial charge in [-0.1, -0.05) is 30.3 Å². The van der Waals surface area contributed by atoms with Crippen molar-refractivity contribution in [3.63, 3.8) is 0 Å². The van der Waals surface area contributed by atoms with Gasteiger partial charge in [-0.15, -0.1) is 0 Å². The topological polar surface area (TPSA) is 81.4 Å². The van der Waals surface area contributed by atoms with E-state index in [-0.39, 0.29) is 12.3 Å². The lowest BCUT2D eigenvalue weighted by Crippen LogP contribution is -2.15. The molecular formula is C21H20N2O4. The zero-order valence-corrected chi connectivity index (χ0v) is 15.2. The van der Waals surface area contributed by atoms with Crippen molar-refractivity contribution in [1.82, 2.24) is 4.98 Å². The number of aromatic nitrogens is 1. The molecule has 0 aliphatic carbocycles. The number of nitrogens with one attached hydrogen (secondary N) is 1. The molecule has 6 nitrogen and oxygen atoms in total. The van der Waals surface area contributed by atoms with Gasteiger partial charge in [0.1, 0.15) is 5.76 Å². The van der Waals surface area contributed by atoms with Crippen LogP contribution < -0.4 is 5.32 Å². The summed E-state index contributed by atoms with van der Waals surface area (Å²) in [4.78, 5) is 28.6. The highest BCUT2D eigenvalue weighted by Crippen LogP contribution is 2.22. The molecule has 6 heteroatoms. The molecule has 0 aliphatic rings. The van der Waals surface area contributed by atoms with Gasteiger partial charge in [-0.05, 0) is 31.2 Å². The monoisotopic (exact) mass is 364 g/mol. The lowest BCUT2D eigenvalue weighted by atomic mass is 10.1. The fourth-order valence-electron chi connectivity index (χ4n) is 2.69. The number of anilines is 1. The van der Waals surface area contributed by atoms with E-state index in [0.717, 1.165) is 11.3 Å².